The maximum absolute atomic E-state index is 13.0. The number of methoxy groups -OCH3 is 3. The summed E-state index contributed by atoms with van der Waals surface area (Å²) in [6.45, 7) is 0. The van der Waals surface area contributed by atoms with E-state index in [0.717, 1.165) is 71.7 Å². The number of H-pyrrole nitrogens is 1. The molecule has 0 unspecified atom stereocenters. The smallest absolute Gasteiger partial charge is 0.341 e. The van der Waals surface area contributed by atoms with Crippen molar-refractivity contribution >= 4 is 40.0 Å². The molecular weight excluding hydrogens is 558 g/mol. The van der Waals surface area contributed by atoms with Crippen LogP contribution in [0.2, 0.25) is 0 Å². The van der Waals surface area contributed by atoms with E-state index in [1.165, 1.54) is 35.1 Å². The summed E-state index contributed by atoms with van der Waals surface area (Å²) in [6.07, 6.45) is 5.32. The number of amides is 1. The monoisotopic (exact) mass is 591 g/mol. The lowest BCUT2D eigenvalue weighted by atomic mass is 10.0. The quantitative estimate of drug-likeness (QED) is 0.116. The minimum atomic E-state index is -0.387. The molecule has 0 saturated carbocycles. The van der Waals surface area contributed by atoms with Crippen LogP contribution in [0.4, 0.5) is 5.00 Å². The summed E-state index contributed by atoms with van der Waals surface area (Å²) >= 11 is 2.99. The number of esters is 1. The molecule has 2 heterocycles. The van der Waals surface area contributed by atoms with Gasteiger partial charge >= 0.3 is 5.97 Å². The summed E-state index contributed by atoms with van der Waals surface area (Å²) in [5.41, 5.74) is 5.18. The van der Waals surface area contributed by atoms with Gasteiger partial charge in [0.2, 0.25) is 5.91 Å². The first-order valence-corrected chi connectivity index (χ1v) is 15.3. The van der Waals surface area contributed by atoms with Crippen molar-refractivity contribution in [3.8, 4) is 34.0 Å². The number of nitrogens with one attached hydrogen (secondary N) is 2. The standard InChI is InChI=1S/C31H33N3O5S2/c1-37-21-13-9-19(10-14-21)27-28(20-11-15-22(38-2)16-12-20)34-31(33-27)40-18-17-25(35)32-29-26(30(36)39-3)23-7-5-4-6-8-24(23)41-29/h9-16H,4-8,17-18H2,1-3H3,(H,32,35)(H,33,34). The van der Waals surface area contributed by atoms with Crippen LogP contribution in [0.25, 0.3) is 22.5 Å². The van der Waals surface area contributed by atoms with Crippen molar-refractivity contribution in [3.63, 3.8) is 0 Å². The molecule has 41 heavy (non-hydrogen) atoms. The van der Waals surface area contributed by atoms with Gasteiger partial charge in [-0.2, -0.15) is 0 Å². The highest BCUT2D eigenvalue weighted by atomic mass is 32.2. The van der Waals surface area contributed by atoms with E-state index in [4.69, 9.17) is 19.2 Å². The maximum atomic E-state index is 13.0. The van der Waals surface area contributed by atoms with Crippen molar-refractivity contribution in [2.24, 2.45) is 0 Å². The van der Waals surface area contributed by atoms with E-state index < -0.39 is 0 Å². The molecule has 1 amide bonds. The van der Waals surface area contributed by atoms with E-state index in [0.29, 0.717) is 21.5 Å². The van der Waals surface area contributed by atoms with Gasteiger partial charge in [0, 0.05) is 28.2 Å². The Balaban J connectivity index is 1.30. The van der Waals surface area contributed by atoms with Gasteiger partial charge in [0.05, 0.1) is 38.3 Å². The van der Waals surface area contributed by atoms with E-state index in [1.54, 1.807) is 14.2 Å². The van der Waals surface area contributed by atoms with Crippen LogP contribution in [0, 0.1) is 0 Å². The van der Waals surface area contributed by atoms with Crippen molar-refractivity contribution < 1.29 is 23.8 Å². The lowest BCUT2D eigenvalue weighted by Gasteiger charge is -2.07. The number of aromatic amines is 1. The van der Waals surface area contributed by atoms with Gasteiger partial charge < -0.3 is 24.5 Å². The molecular formula is C31H33N3O5S2. The van der Waals surface area contributed by atoms with Crippen LogP contribution >= 0.6 is 23.1 Å². The van der Waals surface area contributed by atoms with E-state index in [1.807, 2.05) is 48.5 Å². The molecule has 214 valence electrons. The molecule has 4 aromatic rings. The lowest BCUT2D eigenvalue weighted by molar-refractivity contribution is -0.115. The second kappa shape index (κ2) is 13.3. The summed E-state index contributed by atoms with van der Waals surface area (Å²) < 4.78 is 15.7. The number of rotatable bonds is 10. The number of benzene rings is 2. The fraction of sp³-hybridized carbons (Fsp3) is 0.323. The van der Waals surface area contributed by atoms with Gasteiger partial charge in [-0.25, -0.2) is 9.78 Å². The zero-order valence-electron chi connectivity index (χ0n) is 23.4. The third-order valence-electron chi connectivity index (χ3n) is 7.06. The van der Waals surface area contributed by atoms with Crippen LogP contribution in [-0.2, 0) is 22.4 Å². The van der Waals surface area contributed by atoms with E-state index in [-0.39, 0.29) is 18.3 Å². The van der Waals surface area contributed by atoms with Gasteiger partial charge in [0.15, 0.2) is 5.16 Å². The van der Waals surface area contributed by atoms with Crippen LogP contribution in [0.15, 0.2) is 53.7 Å². The fourth-order valence-electron chi connectivity index (χ4n) is 4.92. The molecule has 0 aliphatic heterocycles. The van der Waals surface area contributed by atoms with Crippen LogP contribution in [0.3, 0.4) is 0 Å². The Bertz CT molecular complexity index is 1440. The third kappa shape index (κ3) is 6.60. The van der Waals surface area contributed by atoms with Crippen molar-refractivity contribution in [1.29, 1.82) is 0 Å². The highest BCUT2D eigenvalue weighted by Gasteiger charge is 2.26. The average molecular weight is 592 g/mol. The Kier molecular flexibility index (Phi) is 9.31. The van der Waals surface area contributed by atoms with Crippen LogP contribution in [0.1, 0.15) is 46.5 Å². The summed E-state index contributed by atoms with van der Waals surface area (Å²) in [7, 11) is 4.67. The largest absolute Gasteiger partial charge is 0.497 e. The van der Waals surface area contributed by atoms with E-state index >= 15 is 0 Å². The van der Waals surface area contributed by atoms with Gasteiger partial charge in [-0.1, -0.05) is 18.2 Å². The number of carbonyl (C=O) groups is 2. The topological polar surface area (TPSA) is 103 Å². The number of nitrogens with zero attached hydrogens (tertiary/aromatic N) is 1. The Morgan fingerprint density at radius 3 is 2.24 bits per heavy atom. The van der Waals surface area contributed by atoms with Crippen molar-refractivity contribution in [2.75, 3.05) is 32.4 Å². The van der Waals surface area contributed by atoms with Crippen molar-refractivity contribution in [2.45, 2.75) is 43.7 Å². The maximum Gasteiger partial charge on any atom is 0.341 e. The Morgan fingerprint density at radius 2 is 1.59 bits per heavy atom. The molecule has 0 bridgehead atoms. The number of hydrogen-bond acceptors (Lipinski definition) is 8. The summed E-state index contributed by atoms with van der Waals surface area (Å²) in [4.78, 5) is 35.1. The number of aryl methyl sites for hydroxylation is 1. The molecule has 0 fully saturated rings. The predicted molar refractivity (Wildman–Crippen MR) is 163 cm³/mol. The zero-order chi connectivity index (χ0) is 28.8. The molecule has 2 N–H and O–H groups in total. The highest BCUT2D eigenvalue weighted by Crippen LogP contribution is 2.38. The van der Waals surface area contributed by atoms with Gasteiger partial charge in [0.25, 0.3) is 0 Å². The van der Waals surface area contributed by atoms with Gasteiger partial charge in [-0.3, -0.25) is 4.79 Å². The molecule has 2 aromatic carbocycles. The number of hydrogen-bond donors (Lipinski definition) is 2. The molecule has 1 aliphatic carbocycles. The Labute approximate surface area is 247 Å². The normalized spacial score (nSPS) is 12.8. The molecule has 8 nitrogen and oxygen atoms in total. The molecule has 0 atom stereocenters. The predicted octanol–water partition coefficient (Wildman–Crippen LogP) is 7.00. The first-order chi connectivity index (χ1) is 20.0. The number of thioether (sulfide) groups is 1. The molecule has 0 spiro atoms. The number of anilines is 1. The van der Waals surface area contributed by atoms with Gasteiger partial charge in [-0.15, -0.1) is 11.3 Å². The van der Waals surface area contributed by atoms with Crippen LogP contribution in [0.5, 0.6) is 11.5 Å². The fourth-order valence-corrected chi connectivity index (χ4v) is 7.03. The molecule has 0 saturated heterocycles. The van der Waals surface area contributed by atoms with Crippen LogP contribution in [-0.4, -0.2) is 48.9 Å². The van der Waals surface area contributed by atoms with Crippen molar-refractivity contribution in [1.82, 2.24) is 9.97 Å². The molecule has 5 rings (SSSR count). The first kappa shape index (κ1) is 28.8. The number of thiophene rings is 1. The Morgan fingerprint density at radius 1 is 0.927 bits per heavy atom. The molecule has 0 radical (unpaired) electrons. The number of ether oxygens (including phenoxy) is 3. The number of aromatic nitrogens is 2. The second-order valence-electron chi connectivity index (χ2n) is 9.63. The number of carbonyl (C=O) groups excluding carboxylic acids is 2. The van der Waals surface area contributed by atoms with Crippen LogP contribution < -0.4 is 14.8 Å². The molecule has 2 aromatic heterocycles. The number of imidazole rings is 1. The minimum absolute atomic E-state index is 0.142. The highest BCUT2D eigenvalue weighted by molar-refractivity contribution is 7.99. The minimum Gasteiger partial charge on any atom is -0.497 e. The zero-order valence-corrected chi connectivity index (χ0v) is 25.0. The SMILES string of the molecule is COC(=O)c1c(NC(=O)CCSc2nc(-c3ccc(OC)cc3)c(-c3ccc(OC)cc3)[nH]2)sc2c1CCCCC2. The van der Waals surface area contributed by atoms with Crippen molar-refractivity contribution in [3.05, 3.63) is 64.5 Å². The average Bonchev–Trinajstić information content (AvgIpc) is 3.49. The lowest BCUT2D eigenvalue weighted by Crippen LogP contribution is -2.15. The summed E-state index contributed by atoms with van der Waals surface area (Å²) in [5.74, 6) is 1.53. The molecule has 10 heteroatoms. The third-order valence-corrected chi connectivity index (χ3v) is 9.14. The first-order valence-electron chi connectivity index (χ1n) is 13.5. The number of fused-ring (bicyclic) bond motifs is 1. The second-order valence-corrected chi connectivity index (χ2v) is 11.8. The van der Waals surface area contributed by atoms with E-state index in [2.05, 4.69) is 10.3 Å². The van der Waals surface area contributed by atoms with E-state index in [9.17, 15) is 9.59 Å². The van der Waals surface area contributed by atoms with Gasteiger partial charge in [-0.05, 0) is 79.8 Å². The summed E-state index contributed by atoms with van der Waals surface area (Å²) in [6, 6.07) is 15.6. The van der Waals surface area contributed by atoms with Gasteiger partial charge in [0.1, 0.15) is 16.5 Å². The Hall–Kier alpha value is -3.76. The summed E-state index contributed by atoms with van der Waals surface area (Å²) in [5, 5.41) is 4.30. The molecule has 1 aliphatic rings.